The third kappa shape index (κ3) is 2.18. The number of ketones is 1. The smallest absolute Gasteiger partial charge is 0.186 e. The Kier molecular flexibility index (Phi) is 4.83. The lowest BCUT2D eigenvalue weighted by molar-refractivity contribution is -0.140. The van der Waals surface area contributed by atoms with Crippen LogP contribution in [-0.4, -0.2) is 18.0 Å². The Bertz CT molecular complexity index is 157. The van der Waals surface area contributed by atoms with E-state index in [1.54, 1.807) is 0 Å². The van der Waals surface area contributed by atoms with Crippen LogP contribution in [0.5, 0.6) is 0 Å². The van der Waals surface area contributed by atoms with Gasteiger partial charge in [-0.15, -0.1) is 0 Å². The first-order chi connectivity index (χ1) is 5.66. The van der Waals surface area contributed by atoms with Crippen LogP contribution in [0, 0.1) is 0 Å². The normalized spacial score (nSPS) is 11.2. The molecule has 0 heterocycles. The van der Waals surface area contributed by atoms with Gasteiger partial charge in [0.1, 0.15) is 5.60 Å². The predicted octanol–water partition coefficient (Wildman–Crippen LogP) is 2.34. The summed E-state index contributed by atoms with van der Waals surface area (Å²) in [6, 6.07) is 0. The molecule has 0 saturated heterocycles. The molecule has 70 valence electrons. The lowest BCUT2D eigenvalue weighted by atomic mass is 9.92. The molecule has 0 bridgehead atoms. The van der Waals surface area contributed by atoms with E-state index in [4.69, 9.17) is 4.74 Å². The van der Waals surface area contributed by atoms with Crippen molar-refractivity contribution in [3.63, 3.8) is 0 Å². The van der Waals surface area contributed by atoms with Crippen LogP contribution < -0.4 is 0 Å². The van der Waals surface area contributed by atoms with Gasteiger partial charge in [0.15, 0.2) is 5.78 Å². The van der Waals surface area contributed by atoms with Gasteiger partial charge in [0.2, 0.25) is 0 Å². The molecule has 0 unspecified atom stereocenters. The second-order valence-corrected chi connectivity index (χ2v) is 2.70. The molecular weight excluding hydrogens is 152 g/mol. The maximum absolute atomic E-state index is 11.4. The summed E-state index contributed by atoms with van der Waals surface area (Å²) < 4.78 is 5.46. The van der Waals surface area contributed by atoms with Crippen molar-refractivity contribution in [1.82, 2.24) is 0 Å². The van der Waals surface area contributed by atoms with Crippen LogP contribution in [0.1, 0.15) is 33.6 Å². The first-order valence-electron chi connectivity index (χ1n) is 4.47. The third-order valence-corrected chi connectivity index (χ3v) is 2.20. The van der Waals surface area contributed by atoms with Crippen LogP contribution >= 0.6 is 0 Å². The van der Waals surface area contributed by atoms with Crippen LogP contribution in [0.25, 0.3) is 0 Å². The Hall–Kier alpha value is -0.630. The molecule has 0 atom stereocenters. The molecule has 0 amide bonds. The molecular formula is C10H18O2. The average Bonchev–Trinajstić information content (AvgIpc) is 2.13. The molecule has 0 radical (unpaired) electrons. The molecule has 0 aliphatic heterocycles. The van der Waals surface area contributed by atoms with E-state index >= 15 is 0 Å². The van der Waals surface area contributed by atoms with Gasteiger partial charge in [-0.05, 0) is 25.8 Å². The average molecular weight is 170 g/mol. The van der Waals surface area contributed by atoms with Crippen LogP contribution in [0.3, 0.4) is 0 Å². The van der Waals surface area contributed by atoms with Crippen LogP contribution in [-0.2, 0) is 9.53 Å². The fraction of sp³-hybridized carbons (Fsp3) is 0.700. The van der Waals surface area contributed by atoms with Gasteiger partial charge in [-0.1, -0.05) is 20.4 Å². The fourth-order valence-corrected chi connectivity index (χ4v) is 1.34. The minimum absolute atomic E-state index is 0.00523. The molecule has 0 aliphatic rings. The summed E-state index contributed by atoms with van der Waals surface area (Å²) in [5, 5.41) is 0. The highest BCUT2D eigenvalue weighted by atomic mass is 16.5. The highest BCUT2D eigenvalue weighted by Gasteiger charge is 2.32. The van der Waals surface area contributed by atoms with Crippen molar-refractivity contribution in [2.75, 3.05) is 6.61 Å². The van der Waals surface area contributed by atoms with Crippen molar-refractivity contribution >= 4 is 5.78 Å². The minimum Gasteiger partial charge on any atom is -0.367 e. The molecule has 0 aliphatic carbocycles. The molecule has 0 saturated carbocycles. The Balaban J connectivity index is 4.55. The van der Waals surface area contributed by atoms with Crippen molar-refractivity contribution in [3.05, 3.63) is 12.7 Å². The number of carbonyl (C=O) groups is 1. The lowest BCUT2D eigenvalue weighted by Gasteiger charge is -2.28. The molecule has 0 N–H and O–H groups in total. The second-order valence-electron chi connectivity index (χ2n) is 2.70. The van der Waals surface area contributed by atoms with Crippen LogP contribution in [0.2, 0.25) is 0 Å². The maximum atomic E-state index is 11.4. The number of carbonyl (C=O) groups excluding carboxylic acids is 1. The fourth-order valence-electron chi connectivity index (χ4n) is 1.34. The molecule has 0 aromatic carbocycles. The number of ether oxygens (including phenoxy) is 1. The van der Waals surface area contributed by atoms with Crippen molar-refractivity contribution in [2.45, 2.75) is 39.2 Å². The first-order valence-corrected chi connectivity index (χ1v) is 4.47. The maximum Gasteiger partial charge on any atom is 0.186 e. The molecule has 2 heteroatoms. The topological polar surface area (TPSA) is 26.3 Å². The molecule has 0 aromatic rings. The summed E-state index contributed by atoms with van der Waals surface area (Å²) in [4.78, 5) is 11.4. The van der Waals surface area contributed by atoms with E-state index in [0.717, 1.165) is 0 Å². The van der Waals surface area contributed by atoms with Crippen LogP contribution in [0.4, 0.5) is 0 Å². The summed E-state index contributed by atoms with van der Waals surface area (Å²) in [6.45, 7) is 9.86. The van der Waals surface area contributed by atoms with E-state index in [-0.39, 0.29) is 5.78 Å². The minimum atomic E-state index is -0.615. The lowest BCUT2D eigenvalue weighted by Crippen LogP contribution is -2.39. The number of hydrogen-bond donors (Lipinski definition) is 0. The van der Waals surface area contributed by atoms with Gasteiger partial charge < -0.3 is 4.74 Å². The van der Waals surface area contributed by atoms with Crippen molar-refractivity contribution in [3.8, 4) is 0 Å². The molecule has 0 fully saturated rings. The van der Waals surface area contributed by atoms with E-state index in [9.17, 15) is 4.79 Å². The SMILES string of the molecule is C=CC(=O)C(CC)(CC)OCC. The Labute approximate surface area is 74.6 Å². The highest BCUT2D eigenvalue weighted by molar-refractivity contribution is 5.96. The summed E-state index contributed by atoms with van der Waals surface area (Å²) >= 11 is 0. The third-order valence-electron chi connectivity index (χ3n) is 2.20. The Morgan fingerprint density at radius 1 is 1.42 bits per heavy atom. The van der Waals surface area contributed by atoms with E-state index in [2.05, 4.69) is 6.58 Å². The largest absolute Gasteiger partial charge is 0.367 e. The first kappa shape index (κ1) is 11.4. The van der Waals surface area contributed by atoms with Crippen LogP contribution in [0.15, 0.2) is 12.7 Å². The van der Waals surface area contributed by atoms with Crippen molar-refractivity contribution < 1.29 is 9.53 Å². The van der Waals surface area contributed by atoms with Gasteiger partial charge in [-0.3, -0.25) is 4.79 Å². The highest BCUT2D eigenvalue weighted by Crippen LogP contribution is 2.21. The van der Waals surface area contributed by atoms with Gasteiger partial charge in [-0.2, -0.15) is 0 Å². The zero-order chi connectivity index (χ0) is 9.61. The predicted molar refractivity (Wildman–Crippen MR) is 50.1 cm³/mol. The van der Waals surface area contributed by atoms with E-state index in [1.807, 2.05) is 20.8 Å². The molecule has 0 aromatic heterocycles. The summed E-state index contributed by atoms with van der Waals surface area (Å²) in [7, 11) is 0. The molecule has 2 nitrogen and oxygen atoms in total. The standard InChI is InChI=1S/C10H18O2/c1-5-9(11)10(6-2,7-3)12-8-4/h5H,1,6-8H2,2-4H3. The van der Waals surface area contributed by atoms with E-state index in [1.165, 1.54) is 6.08 Å². The second kappa shape index (κ2) is 5.09. The summed E-state index contributed by atoms with van der Waals surface area (Å²) in [5.74, 6) is -0.00523. The molecule has 0 rings (SSSR count). The summed E-state index contributed by atoms with van der Waals surface area (Å²) in [5.41, 5.74) is -0.615. The number of rotatable bonds is 6. The quantitative estimate of drug-likeness (QED) is 0.572. The zero-order valence-corrected chi connectivity index (χ0v) is 8.22. The molecule has 0 spiro atoms. The zero-order valence-electron chi connectivity index (χ0n) is 8.22. The monoisotopic (exact) mass is 170 g/mol. The van der Waals surface area contributed by atoms with Gasteiger partial charge in [0.25, 0.3) is 0 Å². The Morgan fingerprint density at radius 2 is 1.92 bits per heavy atom. The van der Waals surface area contributed by atoms with E-state index < -0.39 is 5.60 Å². The van der Waals surface area contributed by atoms with Crippen molar-refractivity contribution in [1.29, 1.82) is 0 Å². The summed E-state index contributed by atoms with van der Waals surface area (Å²) in [6.07, 6.45) is 2.77. The number of hydrogen-bond acceptors (Lipinski definition) is 2. The van der Waals surface area contributed by atoms with Gasteiger partial charge >= 0.3 is 0 Å². The van der Waals surface area contributed by atoms with Gasteiger partial charge in [-0.25, -0.2) is 0 Å². The molecule has 12 heavy (non-hydrogen) atoms. The van der Waals surface area contributed by atoms with Gasteiger partial charge in [0, 0.05) is 6.61 Å². The van der Waals surface area contributed by atoms with Gasteiger partial charge in [0.05, 0.1) is 0 Å². The van der Waals surface area contributed by atoms with Crippen molar-refractivity contribution in [2.24, 2.45) is 0 Å². The Morgan fingerprint density at radius 3 is 2.17 bits per heavy atom. The van der Waals surface area contributed by atoms with E-state index in [0.29, 0.717) is 19.4 Å².